The summed E-state index contributed by atoms with van der Waals surface area (Å²) in [6.07, 6.45) is -2.98. The van der Waals surface area contributed by atoms with Crippen LogP contribution in [0.1, 0.15) is 6.23 Å². The van der Waals surface area contributed by atoms with Crippen molar-refractivity contribution < 1.29 is 20.1 Å². The van der Waals surface area contributed by atoms with E-state index in [0.717, 1.165) is 4.57 Å². The monoisotopic (exact) mass is 258 g/mol. The molecule has 0 radical (unpaired) electrons. The van der Waals surface area contributed by atoms with Gasteiger partial charge in [-0.3, -0.25) is 10.3 Å². The molecule has 18 heavy (non-hydrogen) atoms. The zero-order valence-corrected chi connectivity index (χ0v) is 9.30. The number of nitrogens with zero attached hydrogens (tertiary/aromatic N) is 2. The van der Waals surface area contributed by atoms with Gasteiger partial charge in [0.1, 0.15) is 18.0 Å². The van der Waals surface area contributed by atoms with Gasteiger partial charge in [-0.15, -0.1) is 0 Å². The Hall–Kier alpha value is -1.52. The molecule has 0 amide bonds. The first-order chi connectivity index (χ1) is 8.39. The fourth-order valence-corrected chi connectivity index (χ4v) is 1.78. The Morgan fingerprint density at radius 3 is 2.72 bits per heavy atom. The van der Waals surface area contributed by atoms with Gasteiger partial charge in [0.25, 0.3) is 0 Å². The number of hydrogen-bond acceptors (Lipinski definition) is 8. The highest BCUT2D eigenvalue weighted by molar-refractivity contribution is 5.23. The van der Waals surface area contributed by atoms with Crippen molar-refractivity contribution in [3.05, 3.63) is 22.7 Å². The Balaban J connectivity index is 2.38. The first-order valence-corrected chi connectivity index (χ1v) is 5.17. The van der Waals surface area contributed by atoms with Gasteiger partial charge in [0.05, 0.1) is 6.61 Å². The van der Waals surface area contributed by atoms with Gasteiger partial charge in [-0.05, 0) is 6.07 Å². The zero-order valence-electron chi connectivity index (χ0n) is 9.30. The number of ether oxygens (including phenoxy) is 1. The van der Waals surface area contributed by atoms with Gasteiger partial charge >= 0.3 is 5.69 Å². The summed E-state index contributed by atoms with van der Waals surface area (Å²) >= 11 is 0. The van der Waals surface area contributed by atoms with Crippen molar-refractivity contribution in [1.82, 2.24) is 9.55 Å². The van der Waals surface area contributed by atoms with E-state index in [2.05, 4.69) is 4.98 Å². The number of aromatic nitrogens is 2. The molecule has 2 heterocycles. The second kappa shape index (κ2) is 4.30. The van der Waals surface area contributed by atoms with Gasteiger partial charge in [0.15, 0.2) is 12.0 Å². The number of aliphatic hydroxyl groups is 3. The SMILES string of the molecule is Nc1ccn(C2OC(N)(CO)C(O)C2O)c(=O)n1. The van der Waals surface area contributed by atoms with Crippen molar-refractivity contribution in [1.29, 1.82) is 0 Å². The largest absolute Gasteiger partial charge is 0.392 e. The number of hydrogen-bond donors (Lipinski definition) is 5. The number of nitrogen functional groups attached to an aromatic ring is 1. The van der Waals surface area contributed by atoms with Gasteiger partial charge in [-0.1, -0.05) is 0 Å². The van der Waals surface area contributed by atoms with Gasteiger partial charge < -0.3 is 25.8 Å². The first-order valence-electron chi connectivity index (χ1n) is 5.17. The van der Waals surface area contributed by atoms with E-state index in [1.165, 1.54) is 12.3 Å². The van der Waals surface area contributed by atoms with Crippen LogP contribution in [0.5, 0.6) is 0 Å². The van der Waals surface area contributed by atoms with Crippen LogP contribution in [0, 0.1) is 0 Å². The molecule has 1 fully saturated rings. The minimum Gasteiger partial charge on any atom is -0.392 e. The van der Waals surface area contributed by atoms with Crippen LogP contribution in [0.15, 0.2) is 17.1 Å². The van der Waals surface area contributed by atoms with E-state index in [4.69, 9.17) is 21.3 Å². The minimum absolute atomic E-state index is 0.0189. The average Bonchev–Trinajstić information content (AvgIpc) is 2.55. The maximum Gasteiger partial charge on any atom is 0.351 e. The molecule has 1 aromatic heterocycles. The maximum absolute atomic E-state index is 11.6. The lowest BCUT2D eigenvalue weighted by atomic mass is 10.1. The van der Waals surface area contributed by atoms with Crippen molar-refractivity contribution in [3.63, 3.8) is 0 Å². The van der Waals surface area contributed by atoms with E-state index in [0.29, 0.717) is 0 Å². The fourth-order valence-electron chi connectivity index (χ4n) is 1.78. The molecule has 9 nitrogen and oxygen atoms in total. The molecular weight excluding hydrogens is 244 g/mol. The summed E-state index contributed by atoms with van der Waals surface area (Å²) in [5, 5.41) is 28.5. The van der Waals surface area contributed by atoms with Crippen molar-refractivity contribution >= 4 is 5.82 Å². The van der Waals surface area contributed by atoms with Crippen LogP contribution in [0.3, 0.4) is 0 Å². The molecule has 0 bridgehead atoms. The van der Waals surface area contributed by atoms with Crippen LogP contribution in [-0.4, -0.2) is 49.4 Å². The molecule has 1 aromatic rings. The first kappa shape index (κ1) is 12.9. The summed E-state index contributed by atoms with van der Waals surface area (Å²) in [5.41, 5.74) is 8.30. The highest BCUT2D eigenvalue weighted by Crippen LogP contribution is 2.32. The van der Waals surface area contributed by atoms with E-state index in [1.54, 1.807) is 0 Å². The van der Waals surface area contributed by atoms with Gasteiger partial charge in [-0.25, -0.2) is 4.79 Å². The van der Waals surface area contributed by atoms with Crippen LogP contribution in [0.2, 0.25) is 0 Å². The summed E-state index contributed by atoms with van der Waals surface area (Å²) in [6, 6.07) is 1.33. The molecule has 7 N–H and O–H groups in total. The fraction of sp³-hybridized carbons (Fsp3) is 0.556. The lowest BCUT2D eigenvalue weighted by Crippen LogP contribution is -2.54. The van der Waals surface area contributed by atoms with Crippen LogP contribution in [0.4, 0.5) is 5.82 Å². The quantitative estimate of drug-likeness (QED) is 0.369. The number of aliphatic hydroxyl groups excluding tert-OH is 3. The van der Waals surface area contributed by atoms with E-state index < -0.39 is 36.5 Å². The van der Waals surface area contributed by atoms with Crippen LogP contribution in [0.25, 0.3) is 0 Å². The van der Waals surface area contributed by atoms with Gasteiger partial charge in [0, 0.05) is 6.20 Å². The van der Waals surface area contributed by atoms with Crippen molar-refractivity contribution in [2.45, 2.75) is 24.2 Å². The molecule has 1 saturated heterocycles. The lowest BCUT2D eigenvalue weighted by molar-refractivity contribution is -0.125. The summed E-state index contributed by atoms with van der Waals surface area (Å²) in [4.78, 5) is 15.0. The summed E-state index contributed by atoms with van der Waals surface area (Å²) < 4.78 is 6.08. The third-order valence-corrected chi connectivity index (χ3v) is 2.83. The Morgan fingerprint density at radius 1 is 1.56 bits per heavy atom. The second-order valence-corrected chi connectivity index (χ2v) is 4.10. The van der Waals surface area contributed by atoms with Crippen molar-refractivity contribution in [3.8, 4) is 0 Å². The molecule has 4 atom stereocenters. The van der Waals surface area contributed by atoms with Crippen molar-refractivity contribution in [2.75, 3.05) is 12.3 Å². The Morgan fingerprint density at radius 2 is 2.22 bits per heavy atom. The Bertz CT molecular complexity index is 506. The van der Waals surface area contributed by atoms with Crippen LogP contribution in [-0.2, 0) is 4.74 Å². The smallest absolute Gasteiger partial charge is 0.351 e. The molecule has 0 spiro atoms. The third-order valence-electron chi connectivity index (χ3n) is 2.83. The maximum atomic E-state index is 11.6. The standard InChI is InChI=1S/C9H14N4O5/c10-4-1-2-13(8(17)12-4)7-5(15)6(16)9(11,3-14)18-7/h1-2,5-7,14-16H,3,11H2,(H2,10,12,17). The second-order valence-electron chi connectivity index (χ2n) is 4.10. The molecule has 0 aromatic carbocycles. The van der Waals surface area contributed by atoms with E-state index in [9.17, 15) is 15.0 Å². The number of anilines is 1. The van der Waals surface area contributed by atoms with Crippen molar-refractivity contribution in [2.24, 2.45) is 5.73 Å². The van der Waals surface area contributed by atoms with E-state index >= 15 is 0 Å². The highest BCUT2D eigenvalue weighted by Gasteiger charge is 2.52. The zero-order chi connectivity index (χ0) is 13.5. The predicted octanol–water partition coefficient (Wildman–Crippen LogP) is -3.28. The highest BCUT2D eigenvalue weighted by atomic mass is 16.6. The summed E-state index contributed by atoms with van der Waals surface area (Å²) in [5.74, 6) is 0.0189. The van der Waals surface area contributed by atoms with E-state index in [-0.39, 0.29) is 5.82 Å². The van der Waals surface area contributed by atoms with Crippen LogP contribution >= 0.6 is 0 Å². The molecule has 9 heteroatoms. The number of rotatable bonds is 2. The molecular formula is C9H14N4O5. The molecule has 2 rings (SSSR count). The van der Waals surface area contributed by atoms with Gasteiger partial charge in [0.2, 0.25) is 0 Å². The number of nitrogens with two attached hydrogens (primary N) is 2. The molecule has 0 aliphatic carbocycles. The van der Waals surface area contributed by atoms with Crippen LogP contribution < -0.4 is 17.2 Å². The Kier molecular flexibility index (Phi) is 3.09. The molecule has 100 valence electrons. The Labute approximate surface area is 101 Å². The topological polar surface area (TPSA) is 157 Å². The summed E-state index contributed by atoms with van der Waals surface area (Å²) in [7, 11) is 0. The molecule has 4 unspecified atom stereocenters. The lowest BCUT2D eigenvalue weighted by Gasteiger charge is -2.24. The minimum atomic E-state index is -1.83. The third kappa shape index (κ3) is 1.87. The molecule has 1 aliphatic rings. The molecule has 1 aliphatic heterocycles. The molecule has 0 saturated carbocycles. The predicted molar refractivity (Wildman–Crippen MR) is 59.0 cm³/mol. The summed E-state index contributed by atoms with van der Waals surface area (Å²) in [6.45, 7) is -0.709. The normalized spacial score (nSPS) is 35.9. The van der Waals surface area contributed by atoms with Gasteiger partial charge in [-0.2, -0.15) is 4.98 Å². The van der Waals surface area contributed by atoms with E-state index in [1.807, 2.05) is 0 Å². The average molecular weight is 258 g/mol.